The predicted octanol–water partition coefficient (Wildman–Crippen LogP) is 3.58. The Kier molecular flexibility index (Phi) is 1.89. The average Bonchev–Trinajstić information content (AvgIpc) is 2.71. The summed E-state index contributed by atoms with van der Waals surface area (Å²) in [6.45, 7) is 0. The average molecular weight is 313 g/mol. The summed E-state index contributed by atoms with van der Waals surface area (Å²) in [5.41, 5.74) is 16.3. The quantitative estimate of drug-likeness (QED) is 0.777. The summed E-state index contributed by atoms with van der Waals surface area (Å²) in [5, 5.41) is 0. The Labute approximate surface area is 140 Å². The van der Waals surface area contributed by atoms with Gasteiger partial charge in [0, 0.05) is 11.1 Å². The molecule has 8 rings (SSSR count). The summed E-state index contributed by atoms with van der Waals surface area (Å²) < 4.78 is 0. The molecule has 0 amide bonds. The lowest BCUT2D eigenvalue weighted by Crippen LogP contribution is -2.65. The topological polar surface area (TPSA) is 52.0 Å². The molecule has 0 aromatic heterocycles. The fourth-order valence-corrected chi connectivity index (χ4v) is 11.1. The van der Waals surface area contributed by atoms with Crippen LogP contribution in [0.3, 0.4) is 0 Å². The molecule has 8 saturated carbocycles. The van der Waals surface area contributed by atoms with Gasteiger partial charge in [-0.2, -0.15) is 0 Å². The third kappa shape index (κ3) is 1.21. The third-order valence-corrected chi connectivity index (χ3v) is 10.9. The van der Waals surface area contributed by atoms with Crippen LogP contribution in [0.1, 0.15) is 77.0 Å². The molecule has 2 nitrogen and oxygen atoms in total. The Morgan fingerprint density at radius 3 is 2.04 bits per heavy atom. The van der Waals surface area contributed by atoms with Crippen LogP contribution < -0.4 is 11.5 Å². The zero-order chi connectivity index (χ0) is 15.3. The molecule has 126 valence electrons. The fourth-order valence-electron chi connectivity index (χ4n) is 11.1. The number of nitrogens with two attached hydrogens (primary N) is 2. The highest BCUT2D eigenvalue weighted by Gasteiger charge is 2.80. The van der Waals surface area contributed by atoms with E-state index in [-0.39, 0.29) is 11.1 Å². The molecule has 7 atom stereocenters. The highest BCUT2D eigenvalue weighted by Crippen LogP contribution is 2.85. The van der Waals surface area contributed by atoms with Crippen molar-refractivity contribution in [3.63, 3.8) is 0 Å². The van der Waals surface area contributed by atoms with Gasteiger partial charge in [0.15, 0.2) is 0 Å². The largest absolute Gasteiger partial charge is 0.325 e. The van der Waals surface area contributed by atoms with Crippen LogP contribution in [0.15, 0.2) is 0 Å². The Morgan fingerprint density at radius 1 is 0.609 bits per heavy atom. The minimum Gasteiger partial charge on any atom is -0.325 e. The summed E-state index contributed by atoms with van der Waals surface area (Å²) in [5.74, 6) is 3.88. The van der Waals surface area contributed by atoms with Gasteiger partial charge in [0.05, 0.1) is 0 Å². The molecule has 8 fully saturated rings. The number of fused-ring (bicyclic) bond motifs is 2. The smallest absolute Gasteiger partial charge is 0.0219 e. The van der Waals surface area contributed by atoms with E-state index in [4.69, 9.17) is 11.5 Å². The Morgan fingerprint density at radius 2 is 1.30 bits per heavy atom. The first-order chi connectivity index (χ1) is 10.9. The molecule has 0 aliphatic heterocycles. The summed E-state index contributed by atoms with van der Waals surface area (Å²) in [7, 11) is 0. The van der Waals surface area contributed by atoms with Crippen molar-refractivity contribution in [2.75, 3.05) is 0 Å². The van der Waals surface area contributed by atoms with Crippen LogP contribution in [-0.4, -0.2) is 11.1 Å². The minimum absolute atomic E-state index is 0.217. The van der Waals surface area contributed by atoms with Crippen molar-refractivity contribution in [3.05, 3.63) is 0 Å². The van der Waals surface area contributed by atoms with E-state index in [9.17, 15) is 0 Å². The molecule has 0 aromatic carbocycles. The maximum atomic E-state index is 6.97. The molecule has 0 aromatic rings. The van der Waals surface area contributed by atoms with Crippen LogP contribution in [0.2, 0.25) is 0 Å². The number of hydrogen-bond acceptors (Lipinski definition) is 2. The first-order valence-electron chi connectivity index (χ1n) is 10.5. The van der Waals surface area contributed by atoms with Gasteiger partial charge in [-0.3, -0.25) is 0 Å². The molecule has 7 bridgehead atoms. The highest BCUT2D eigenvalue weighted by molar-refractivity contribution is 5.32. The van der Waals surface area contributed by atoms with Crippen LogP contribution in [0, 0.1) is 39.9 Å². The molecule has 4 N–H and O–H groups in total. The van der Waals surface area contributed by atoms with Crippen molar-refractivity contribution in [1.29, 1.82) is 0 Å². The van der Waals surface area contributed by atoms with E-state index in [2.05, 4.69) is 0 Å². The maximum absolute atomic E-state index is 6.97. The van der Waals surface area contributed by atoms with Crippen molar-refractivity contribution in [2.24, 2.45) is 51.4 Å². The van der Waals surface area contributed by atoms with Crippen molar-refractivity contribution in [1.82, 2.24) is 0 Å². The van der Waals surface area contributed by atoms with Crippen molar-refractivity contribution in [2.45, 2.75) is 88.1 Å². The molecular weight excluding hydrogens is 280 g/mol. The van der Waals surface area contributed by atoms with Gasteiger partial charge in [0.1, 0.15) is 0 Å². The fraction of sp³-hybridized carbons (Fsp3) is 1.00. The van der Waals surface area contributed by atoms with Crippen LogP contribution in [0.4, 0.5) is 0 Å². The highest BCUT2D eigenvalue weighted by atomic mass is 15.0. The Bertz CT molecular complexity index is 609. The van der Waals surface area contributed by atoms with Gasteiger partial charge in [0.2, 0.25) is 0 Å². The molecule has 2 heteroatoms. The molecule has 0 heterocycles. The van der Waals surface area contributed by atoms with Crippen molar-refractivity contribution < 1.29 is 0 Å². The zero-order valence-electron chi connectivity index (χ0n) is 14.4. The van der Waals surface area contributed by atoms with Crippen LogP contribution in [-0.2, 0) is 0 Å². The molecule has 7 unspecified atom stereocenters. The lowest BCUT2D eigenvalue weighted by Gasteiger charge is -2.67. The van der Waals surface area contributed by atoms with Crippen molar-refractivity contribution >= 4 is 0 Å². The van der Waals surface area contributed by atoms with Crippen LogP contribution >= 0.6 is 0 Å². The van der Waals surface area contributed by atoms with Gasteiger partial charge >= 0.3 is 0 Å². The SMILES string of the molecule is NC12CC3CC(C1)CC(C14CC5CC6(N)CC(C1)C6(C5)C4)(C3)C2. The third-order valence-electron chi connectivity index (χ3n) is 10.9. The minimum atomic E-state index is 0.217. The lowest BCUT2D eigenvalue weighted by molar-refractivity contribution is -0.154. The van der Waals surface area contributed by atoms with E-state index < -0.39 is 0 Å². The summed E-state index contributed by atoms with van der Waals surface area (Å²) in [6.07, 6.45) is 17.4. The van der Waals surface area contributed by atoms with E-state index in [1.54, 1.807) is 0 Å². The normalized spacial score (nSPS) is 73.3. The molecule has 8 aliphatic carbocycles. The number of hydrogen-bond donors (Lipinski definition) is 2. The molecular formula is C21H32N2. The maximum Gasteiger partial charge on any atom is 0.0219 e. The first kappa shape index (κ1) is 13.2. The second-order valence-corrected chi connectivity index (χ2v) is 12.0. The zero-order valence-corrected chi connectivity index (χ0v) is 14.4. The lowest BCUT2D eigenvalue weighted by atomic mass is 9.39. The van der Waals surface area contributed by atoms with E-state index in [1.807, 2.05) is 0 Å². The van der Waals surface area contributed by atoms with Crippen LogP contribution in [0.5, 0.6) is 0 Å². The van der Waals surface area contributed by atoms with E-state index in [0.717, 1.165) is 23.7 Å². The van der Waals surface area contributed by atoms with Crippen molar-refractivity contribution in [3.8, 4) is 0 Å². The predicted molar refractivity (Wildman–Crippen MR) is 90.5 cm³/mol. The summed E-state index contributed by atoms with van der Waals surface area (Å²) in [4.78, 5) is 0. The van der Waals surface area contributed by atoms with Gasteiger partial charge < -0.3 is 11.5 Å². The second-order valence-electron chi connectivity index (χ2n) is 12.0. The van der Waals surface area contributed by atoms with E-state index >= 15 is 0 Å². The standard InChI is InChI=1S/C21H32N2/c22-19-5-13-1-14(6-19)3-17(2-13,11-19)18-4-15-7-20(12-18)16(9-18)10-21(20,23)8-15/h13-16H,1-12,22-23H2. The van der Waals surface area contributed by atoms with Gasteiger partial charge in [-0.25, -0.2) is 0 Å². The van der Waals surface area contributed by atoms with Gasteiger partial charge in [0.25, 0.3) is 0 Å². The van der Waals surface area contributed by atoms with Gasteiger partial charge in [-0.1, -0.05) is 0 Å². The Hall–Kier alpha value is -0.0800. The number of rotatable bonds is 1. The van der Waals surface area contributed by atoms with Gasteiger partial charge in [-0.05, 0) is 117 Å². The molecule has 0 radical (unpaired) electrons. The molecule has 23 heavy (non-hydrogen) atoms. The molecule has 8 aliphatic rings. The second kappa shape index (κ2) is 3.30. The van der Waals surface area contributed by atoms with Crippen LogP contribution in [0.25, 0.3) is 0 Å². The molecule has 0 saturated heterocycles. The molecule has 1 spiro atoms. The summed E-state index contributed by atoms with van der Waals surface area (Å²) in [6, 6.07) is 0. The van der Waals surface area contributed by atoms with Gasteiger partial charge in [-0.15, -0.1) is 0 Å². The monoisotopic (exact) mass is 312 g/mol. The van der Waals surface area contributed by atoms with E-state index in [1.165, 1.54) is 77.0 Å². The Balaban J connectivity index is 1.37. The first-order valence-corrected chi connectivity index (χ1v) is 10.5. The van der Waals surface area contributed by atoms with E-state index in [0.29, 0.717) is 16.2 Å². The summed E-state index contributed by atoms with van der Waals surface area (Å²) >= 11 is 0.